The van der Waals surface area contributed by atoms with Crippen molar-refractivity contribution in [3.8, 4) is 0 Å². The number of likely N-dealkylation sites (tertiary alicyclic amines) is 1. The van der Waals surface area contributed by atoms with Crippen molar-refractivity contribution in [1.29, 1.82) is 0 Å². The molecule has 0 bridgehead atoms. The Hall–Kier alpha value is -0.610. The molecule has 1 unspecified atom stereocenters. The molecule has 2 rings (SSSR count). The predicted octanol–water partition coefficient (Wildman–Crippen LogP) is 1.55. The number of methoxy groups -OCH3 is 1. The lowest BCUT2D eigenvalue weighted by molar-refractivity contribution is -0.140. The summed E-state index contributed by atoms with van der Waals surface area (Å²) in [6, 6.07) is 0. The number of piperidine rings is 1. The zero-order valence-corrected chi connectivity index (χ0v) is 11.7. The number of nitrogens with zero attached hydrogens (tertiary/aromatic N) is 1. The molecular formula is C14H26N2O2. The summed E-state index contributed by atoms with van der Waals surface area (Å²) in [5.41, 5.74) is -0.255. The van der Waals surface area contributed by atoms with Gasteiger partial charge in [-0.05, 0) is 38.6 Å². The summed E-state index contributed by atoms with van der Waals surface area (Å²) in [6.45, 7) is 4.85. The molecule has 2 heterocycles. The maximum absolute atomic E-state index is 12.7. The summed E-state index contributed by atoms with van der Waals surface area (Å²) in [5, 5.41) is 3.47. The van der Waals surface area contributed by atoms with Crippen LogP contribution in [0.3, 0.4) is 0 Å². The minimum absolute atomic E-state index is 0.255. The SMILES string of the molecule is CCCC1(C(=O)N2CCC(OC)CC2)CCCN1. The molecule has 18 heavy (non-hydrogen) atoms. The number of hydrogen-bond acceptors (Lipinski definition) is 3. The molecule has 1 N–H and O–H groups in total. The molecule has 4 heteroatoms. The fourth-order valence-corrected chi connectivity index (χ4v) is 3.33. The van der Waals surface area contributed by atoms with Crippen molar-refractivity contribution in [3.05, 3.63) is 0 Å². The molecule has 104 valence electrons. The number of carbonyl (C=O) groups is 1. The summed E-state index contributed by atoms with van der Waals surface area (Å²) in [7, 11) is 1.76. The predicted molar refractivity (Wildman–Crippen MR) is 71.5 cm³/mol. The first kappa shape index (κ1) is 13.8. The lowest BCUT2D eigenvalue weighted by Gasteiger charge is -2.38. The number of nitrogens with one attached hydrogen (secondary N) is 1. The third-order valence-corrected chi connectivity index (χ3v) is 4.39. The number of carbonyl (C=O) groups excluding carboxylic acids is 1. The van der Waals surface area contributed by atoms with E-state index in [0.717, 1.165) is 58.2 Å². The first-order valence-electron chi connectivity index (χ1n) is 7.29. The maximum atomic E-state index is 12.7. The van der Waals surface area contributed by atoms with Gasteiger partial charge < -0.3 is 15.0 Å². The number of ether oxygens (including phenoxy) is 1. The average Bonchev–Trinajstić information content (AvgIpc) is 2.88. The fraction of sp³-hybridized carbons (Fsp3) is 0.929. The van der Waals surface area contributed by atoms with Gasteiger partial charge in [0.1, 0.15) is 0 Å². The van der Waals surface area contributed by atoms with Crippen molar-refractivity contribution in [2.75, 3.05) is 26.7 Å². The molecule has 2 aliphatic rings. The van der Waals surface area contributed by atoms with Gasteiger partial charge in [-0.1, -0.05) is 13.3 Å². The van der Waals surface area contributed by atoms with Gasteiger partial charge in [0.25, 0.3) is 0 Å². The van der Waals surface area contributed by atoms with E-state index in [9.17, 15) is 4.79 Å². The molecule has 2 saturated heterocycles. The monoisotopic (exact) mass is 254 g/mol. The topological polar surface area (TPSA) is 41.6 Å². The number of hydrogen-bond donors (Lipinski definition) is 1. The zero-order chi connectivity index (χ0) is 13.0. The van der Waals surface area contributed by atoms with Crippen LogP contribution in [0.1, 0.15) is 45.4 Å². The van der Waals surface area contributed by atoms with Crippen LogP contribution >= 0.6 is 0 Å². The van der Waals surface area contributed by atoms with Gasteiger partial charge >= 0.3 is 0 Å². The van der Waals surface area contributed by atoms with E-state index >= 15 is 0 Å². The summed E-state index contributed by atoms with van der Waals surface area (Å²) in [5.74, 6) is 0.330. The molecule has 2 aliphatic heterocycles. The summed E-state index contributed by atoms with van der Waals surface area (Å²) in [6.07, 6.45) is 6.45. The Bertz CT molecular complexity index is 280. The fourth-order valence-electron chi connectivity index (χ4n) is 3.33. The van der Waals surface area contributed by atoms with Crippen molar-refractivity contribution in [3.63, 3.8) is 0 Å². The van der Waals surface area contributed by atoms with E-state index < -0.39 is 0 Å². The summed E-state index contributed by atoms with van der Waals surface area (Å²) < 4.78 is 5.36. The molecular weight excluding hydrogens is 228 g/mol. The van der Waals surface area contributed by atoms with E-state index in [4.69, 9.17) is 4.74 Å². The maximum Gasteiger partial charge on any atom is 0.242 e. The molecule has 2 fully saturated rings. The Morgan fingerprint density at radius 1 is 1.44 bits per heavy atom. The molecule has 0 radical (unpaired) electrons. The molecule has 0 spiro atoms. The van der Waals surface area contributed by atoms with Crippen molar-refractivity contribution >= 4 is 5.91 Å². The smallest absolute Gasteiger partial charge is 0.242 e. The van der Waals surface area contributed by atoms with Gasteiger partial charge in [-0.2, -0.15) is 0 Å². The van der Waals surface area contributed by atoms with Crippen LogP contribution in [-0.4, -0.2) is 49.2 Å². The minimum Gasteiger partial charge on any atom is -0.381 e. The lowest BCUT2D eigenvalue weighted by Crippen LogP contribution is -2.56. The first-order valence-corrected chi connectivity index (χ1v) is 7.29. The summed E-state index contributed by atoms with van der Waals surface area (Å²) >= 11 is 0. The highest BCUT2D eigenvalue weighted by atomic mass is 16.5. The third-order valence-electron chi connectivity index (χ3n) is 4.39. The van der Waals surface area contributed by atoms with Gasteiger partial charge in [-0.15, -0.1) is 0 Å². The van der Waals surface area contributed by atoms with Crippen LogP contribution < -0.4 is 5.32 Å². The number of rotatable bonds is 4. The molecule has 0 aromatic heterocycles. The van der Waals surface area contributed by atoms with Crippen molar-refractivity contribution in [2.24, 2.45) is 0 Å². The van der Waals surface area contributed by atoms with E-state index in [2.05, 4.69) is 12.2 Å². The highest BCUT2D eigenvalue weighted by molar-refractivity contribution is 5.86. The minimum atomic E-state index is -0.255. The molecule has 1 atom stereocenters. The Morgan fingerprint density at radius 3 is 2.67 bits per heavy atom. The third kappa shape index (κ3) is 2.69. The van der Waals surface area contributed by atoms with Crippen molar-refractivity contribution < 1.29 is 9.53 Å². The van der Waals surface area contributed by atoms with Crippen LogP contribution in [0.15, 0.2) is 0 Å². The molecule has 0 aliphatic carbocycles. The van der Waals surface area contributed by atoms with Crippen LogP contribution in [0.5, 0.6) is 0 Å². The van der Waals surface area contributed by atoms with E-state index in [-0.39, 0.29) is 5.54 Å². The Morgan fingerprint density at radius 2 is 2.17 bits per heavy atom. The molecule has 1 amide bonds. The normalized spacial score (nSPS) is 29.8. The van der Waals surface area contributed by atoms with E-state index in [1.54, 1.807) is 7.11 Å². The average molecular weight is 254 g/mol. The zero-order valence-electron chi connectivity index (χ0n) is 11.7. The molecule has 0 saturated carbocycles. The van der Waals surface area contributed by atoms with Crippen LogP contribution in [0.25, 0.3) is 0 Å². The van der Waals surface area contributed by atoms with Crippen LogP contribution in [0.4, 0.5) is 0 Å². The Kier molecular flexibility index (Phi) is 4.62. The standard InChI is InChI=1S/C14H26N2O2/c1-3-7-14(8-4-9-15-14)13(17)16-10-5-12(18-2)6-11-16/h12,15H,3-11H2,1-2H3. The van der Waals surface area contributed by atoms with Gasteiger partial charge in [0.15, 0.2) is 0 Å². The van der Waals surface area contributed by atoms with Gasteiger partial charge in [0.2, 0.25) is 5.91 Å². The van der Waals surface area contributed by atoms with Crippen LogP contribution in [-0.2, 0) is 9.53 Å². The lowest BCUT2D eigenvalue weighted by atomic mass is 9.89. The van der Waals surface area contributed by atoms with E-state index in [0.29, 0.717) is 12.0 Å². The van der Waals surface area contributed by atoms with Gasteiger partial charge in [0, 0.05) is 20.2 Å². The number of amides is 1. The molecule has 4 nitrogen and oxygen atoms in total. The second-order valence-electron chi connectivity index (χ2n) is 5.59. The Labute approximate surface area is 110 Å². The van der Waals surface area contributed by atoms with Crippen molar-refractivity contribution in [1.82, 2.24) is 10.2 Å². The van der Waals surface area contributed by atoms with E-state index in [1.165, 1.54) is 0 Å². The van der Waals surface area contributed by atoms with Crippen molar-refractivity contribution in [2.45, 2.75) is 57.1 Å². The first-order chi connectivity index (χ1) is 8.72. The van der Waals surface area contributed by atoms with Crippen LogP contribution in [0.2, 0.25) is 0 Å². The van der Waals surface area contributed by atoms with Gasteiger partial charge in [-0.25, -0.2) is 0 Å². The second kappa shape index (κ2) is 6.02. The van der Waals surface area contributed by atoms with E-state index in [1.807, 2.05) is 4.90 Å². The molecule has 0 aromatic rings. The molecule has 0 aromatic carbocycles. The van der Waals surface area contributed by atoms with Crippen LogP contribution in [0, 0.1) is 0 Å². The Balaban J connectivity index is 1.97. The quantitative estimate of drug-likeness (QED) is 0.827. The highest BCUT2D eigenvalue weighted by Crippen LogP contribution is 2.28. The van der Waals surface area contributed by atoms with Gasteiger partial charge in [0.05, 0.1) is 11.6 Å². The highest BCUT2D eigenvalue weighted by Gasteiger charge is 2.43. The second-order valence-corrected chi connectivity index (χ2v) is 5.59. The van der Waals surface area contributed by atoms with Gasteiger partial charge in [-0.3, -0.25) is 4.79 Å². The largest absolute Gasteiger partial charge is 0.381 e. The summed E-state index contributed by atoms with van der Waals surface area (Å²) in [4.78, 5) is 14.8.